The maximum Gasteiger partial charge on any atom is 0.258 e. The van der Waals surface area contributed by atoms with Gasteiger partial charge in [-0.25, -0.2) is 4.39 Å². The highest BCUT2D eigenvalue weighted by Crippen LogP contribution is 2.31. The third-order valence-corrected chi connectivity index (χ3v) is 7.47. The van der Waals surface area contributed by atoms with E-state index in [1.54, 1.807) is 18.5 Å². The largest absolute Gasteiger partial charge is 0.382 e. The molecule has 2 fully saturated rings. The molecule has 11 heteroatoms. The number of nitrogens with one attached hydrogen (secondary N) is 3. The summed E-state index contributed by atoms with van der Waals surface area (Å²) in [6.07, 6.45) is 5.13. The maximum absolute atomic E-state index is 15.1. The van der Waals surface area contributed by atoms with Crippen LogP contribution in [-0.2, 0) is 22.7 Å². The predicted octanol–water partition coefficient (Wildman–Crippen LogP) is 2.20. The molecule has 3 aliphatic heterocycles. The number of fused-ring (bicyclic) bond motifs is 1. The molecule has 2 saturated heterocycles. The number of anilines is 1. The zero-order valence-corrected chi connectivity index (χ0v) is 22.1. The van der Waals surface area contributed by atoms with E-state index in [-0.39, 0.29) is 48.8 Å². The van der Waals surface area contributed by atoms with Crippen LogP contribution in [0.3, 0.4) is 0 Å². The van der Waals surface area contributed by atoms with Crippen molar-refractivity contribution in [3.8, 4) is 0 Å². The Bertz CT molecular complexity index is 1310. The van der Waals surface area contributed by atoms with Crippen LogP contribution in [0, 0.1) is 5.82 Å². The van der Waals surface area contributed by atoms with Crippen LogP contribution in [-0.4, -0.2) is 69.6 Å². The van der Waals surface area contributed by atoms with Crippen LogP contribution in [0.5, 0.6) is 0 Å². The smallest absolute Gasteiger partial charge is 0.258 e. The summed E-state index contributed by atoms with van der Waals surface area (Å²) in [6, 6.07) is 4.46. The highest BCUT2D eigenvalue weighted by atomic mass is 19.1. The van der Waals surface area contributed by atoms with Gasteiger partial charge in [0, 0.05) is 57.1 Å². The molecule has 0 spiro atoms. The number of pyridine rings is 1. The van der Waals surface area contributed by atoms with Crippen molar-refractivity contribution in [1.82, 2.24) is 25.4 Å². The molecule has 1 aromatic carbocycles. The second kappa shape index (κ2) is 11.1. The molecule has 5 rings (SSSR count). The summed E-state index contributed by atoms with van der Waals surface area (Å²) in [5.41, 5.74) is 2.59. The fourth-order valence-corrected chi connectivity index (χ4v) is 5.58. The van der Waals surface area contributed by atoms with Gasteiger partial charge in [-0.2, -0.15) is 0 Å². The van der Waals surface area contributed by atoms with Gasteiger partial charge in [0.1, 0.15) is 11.9 Å². The number of carbonyl (C=O) groups is 4. The number of amides is 4. The summed E-state index contributed by atoms with van der Waals surface area (Å²) in [7, 11) is 0. The number of hydrogen-bond acceptors (Lipinski definition) is 7. The Kier molecular flexibility index (Phi) is 7.60. The molecule has 2 aromatic rings. The van der Waals surface area contributed by atoms with Crippen LogP contribution >= 0.6 is 0 Å². The summed E-state index contributed by atoms with van der Waals surface area (Å²) in [6.45, 7) is 6.14. The zero-order valence-electron chi connectivity index (χ0n) is 22.1. The molecule has 0 bridgehead atoms. The fraction of sp³-hybridized carbons (Fsp3) is 0.464. The van der Waals surface area contributed by atoms with Gasteiger partial charge in [-0.3, -0.25) is 34.4 Å². The van der Waals surface area contributed by atoms with Crippen molar-refractivity contribution in [3.05, 3.63) is 58.7 Å². The van der Waals surface area contributed by atoms with E-state index in [0.29, 0.717) is 17.7 Å². The lowest BCUT2D eigenvalue weighted by atomic mass is 10.0. The number of halogens is 1. The summed E-state index contributed by atoms with van der Waals surface area (Å²) in [5.74, 6) is -2.14. The highest BCUT2D eigenvalue weighted by Gasteiger charge is 2.40. The van der Waals surface area contributed by atoms with Crippen LogP contribution in [0.1, 0.15) is 71.4 Å². The van der Waals surface area contributed by atoms with Gasteiger partial charge in [-0.1, -0.05) is 6.07 Å². The average molecular weight is 537 g/mol. The SMILES string of the molecule is CC(C)Nc1ccncc1C(=O)NC1CCN(Cc2cc(F)c3c(c2)CN(C2CCC(=O)NC2=O)C3=O)CC1. The molecule has 10 nitrogen and oxygen atoms in total. The number of hydrogen-bond donors (Lipinski definition) is 3. The first-order chi connectivity index (χ1) is 18.7. The van der Waals surface area contributed by atoms with E-state index in [9.17, 15) is 19.2 Å². The van der Waals surface area contributed by atoms with Gasteiger partial charge >= 0.3 is 0 Å². The van der Waals surface area contributed by atoms with Crippen molar-refractivity contribution < 1.29 is 23.6 Å². The van der Waals surface area contributed by atoms with Crippen molar-refractivity contribution in [2.45, 2.75) is 70.7 Å². The van der Waals surface area contributed by atoms with E-state index in [1.807, 2.05) is 19.9 Å². The molecule has 4 heterocycles. The van der Waals surface area contributed by atoms with Crippen LogP contribution in [0.2, 0.25) is 0 Å². The lowest BCUT2D eigenvalue weighted by Crippen LogP contribution is -2.52. The normalized spacial score (nSPS) is 20.3. The average Bonchev–Trinajstić information content (AvgIpc) is 3.21. The Morgan fingerprint density at radius 2 is 1.95 bits per heavy atom. The van der Waals surface area contributed by atoms with Gasteiger partial charge < -0.3 is 15.5 Å². The van der Waals surface area contributed by atoms with Gasteiger partial charge in [0.2, 0.25) is 11.8 Å². The molecular formula is C28H33FN6O4. The van der Waals surface area contributed by atoms with Gasteiger partial charge in [0.15, 0.2) is 0 Å². The summed E-state index contributed by atoms with van der Waals surface area (Å²) in [5, 5.41) is 8.66. The second-order valence-corrected chi connectivity index (χ2v) is 10.8. The van der Waals surface area contributed by atoms with E-state index in [0.717, 1.165) is 37.2 Å². The number of rotatable bonds is 7. The predicted molar refractivity (Wildman–Crippen MR) is 141 cm³/mol. The number of likely N-dealkylation sites (tertiary alicyclic amines) is 1. The molecule has 1 aromatic heterocycles. The fourth-order valence-electron chi connectivity index (χ4n) is 5.58. The van der Waals surface area contributed by atoms with Crippen molar-refractivity contribution in [1.29, 1.82) is 0 Å². The Labute approximate surface area is 226 Å². The molecule has 206 valence electrons. The highest BCUT2D eigenvalue weighted by molar-refractivity contribution is 6.05. The van der Waals surface area contributed by atoms with Crippen LogP contribution in [0.4, 0.5) is 10.1 Å². The standard InChI is InChI=1S/C28H33FN6O4/c1-16(2)31-22-5-8-30-13-20(22)26(37)32-19-6-9-34(10-7-19)14-17-11-18-15-35(28(39)25(18)21(29)12-17)23-3-4-24(36)33-27(23)38/h5,8,11-13,16,19,23H,3-4,6-7,9-10,14-15H2,1-2H3,(H,30,31)(H,32,37)(H,33,36,38). The van der Waals surface area contributed by atoms with E-state index in [1.165, 1.54) is 11.0 Å². The topological polar surface area (TPSA) is 124 Å². The number of imide groups is 1. The second-order valence-electron chi connectivity index (χ2n) is 10.8. The van der Waals surface area contributed by atoms with Crippen LogP contribution in [0.25, 0.3) is 0 Å². The minimum Gasteiger partial charge on any atom is -0.382 e. The van der Waals surface area contributed by atoms with Crippen molar-refractivity contribution in [3.63, 3.8) is 0 Å². The molecule has 0 aliphatic carbocycles. The van der Waals surface area contributed by atoms with Crippen LogP contribution in [0.15, 0.2) is 30.6 Å². The van der Waals surface area contributed by atoms with Crippen LogP contribution < -0.4 is 16.0 Å². The number of carbonyl (C=O) groups excluding carboxylic acids is 4. The zero-order chi connectivity index (χ0) is 27.7. The molecule has 4 amide bonds. The third-order valence-electron chi connectivity index (χ3n) is 7.47. The summed E-state index contributed by atoms with van der Waals surface area (Å²) < 4.78 is 15.1. The number of benzene rings is 1. The number of aromatic nitrogens is 1. The third kappa shape index (κ3) is 5.78. The number of nitrogens with zero attached hydrogens (tertiary/aromatic N) is 3. The lowest BCUT2D eigenvalue weighted by molar-refractivity contribution is -0.136. The van der Waals surface area contributed by atoms with E-state index < -0.39 is 23.7 Å². The maximum atomic E-state index is 15.1. The molecule has 3 N–H and O–H groups in total. The minimum atomic E-state index is -0.774. The lowest BCUT2D eigenvalue weighted by Gasteiger charge is -2.32. The van der Waals surface area contributed by atoms with Crippen molar-refractivity contribution in [2.24, 2.45) is 0 Å². The Hall–Kier alpha value is -3.86. The summed E-state index contributed by atoms with van der Waals surface area (Å²) in [4.78, 5) is 57.3. The quantitative estimate of drug-likeness (QED) is 0.464. The van der Waals surface area contributed by atoms with Gasteiger partial charge in [0.25, 0.3) is 11.8 Å². The van der Waals surface area contributed by atoms with E-state index in [4.69, 9.17) is 0 Å². The van der Waals surface area contributed by atoms with Crippen molar-refractivity contribution in [2.75, 3.05) is 18.4 Å². The van der Waals surface area contributed by atoms with Gasteiger partial charge in [-0.15, -0.1) is 0 Å². The monoisotopic (exact) mass is 536 g/mol. The molecule has 3 aliphatic rings. The number of piperidine rings is 2. The molecule has 1 atom stereocenters. The molecule has 0 radical (unpaired) electrons. The molecule has 0 saturated carbocycles. The molecule has 1 unspecified atom stereocenters. The Balaban J connectivity index is 1.18. The first-order valence-corrected chi connectivity index (χ1v) is 13.4. The van der Waals surface area contributed by atoms with Gasteiger partial charge in [-0.05, 0) is 56.4 Å². The Morgan fingerprint density at radius 1 is 1.18 bits per heavy atom. The van der Waals surface area contributed by atoms with Gasteiger partial charge in [0.05, 0.1) is 16.8 Å². The molecular weight excluding hydrogens is 503 g/mol. The first kappa shape index (κ1) is 26.7. The Morgan fingerprint density at radius 3 is 2.67 bits per heavy atom. The molecule has 39 heavy (non-hydrogen) atoms. The minimum absolute atomic E-state index is 0.00611. The van der Waals surface area contributed by atoms with E-state index in [2.05, 4.69) is 25.8 Å². The van der Waals surface area contributed by atoms with Crippen molar-refractivity contribution >= 4 is 29.3 Å². The van der Waals surface area contributed by atoms with E-state index >= 15 is 4.39 Å². The first-order valence-electron chi connectivity index (χ1n) is 13.4. The summed E-state index contributed by atoms with van der Waals surface area (Å²) >= 11 is 0.